The molecular weight excluding hydrogens is 262 g/mol. The maximum Gasteiger partial charge on any atom is 0.230 e. The summed E-state index contributed by atoms with van der Waals surface area (Å²) in [7, 11) is 0. The number of rotatable bonds is 5. The van der Waals surface area contributed by atoms with Gasteiger partial charge in [-0.3, -0.25) is 4.79 Å². The molecule has 0 bridgehead atoms. The molecular formula is C18H27NO2. The highest BCUT2D eigenvalue weighted by Crippen LogP contribution is 2.32. The van der Waals surface area contributed by atoms with Crippen LogP contribution < -0.4 is 5.32 Å². The van der Waals surface area contributed by atoms with Gasteiger partial charge in [0, 0.05) is 6.04 Å². The summed E-state index contributed by atoms with van der Waals surface area (Å²) >= 11 is 0. The Labute approximate surface area is 127 Å². The van der Waals surface area contributed by atoms with Gasteiger partial charge in [-0.05, 0) is 44.1 Å². The molecule has 0 aliphatic heterocycles. The molecule has 1 aromatic carbocycles. The fourth-order valence-corrected chi connectivity index (χ4v) is 3.41. The Hall–Kier alpha value is -1.35. The van der Waals surface area contributed by atoms with Crippen molar-refractivity contribution < 1.29 is 9.90 Å². The molecule has 0 spiro atoms. The lowest BCUT2D eigenvalue weighted by atomic mass is 9.74. The third-order valence-corrected chi connectivity index (χ3v) is 5.00. The summed E-state index contributed by atoms with van der Waals surface area (Å²) in [4.78, 5) is 12.9. The van der Waals surface area contributed by atoms with Crippen LogP contribution in [0.1, 0.15) is 57.9 Å². The van der Waals surface area contributed by atoms with Crippen LogP contribution in [0.15, 0.2) is 30.3 Å². The predicted octanol–water partition coefficient (Wildman–Crippen LogP) is 3.16. The number of amides is 1. The van der Waals surface area contributed by atoms with E-state index in [9.17, 15) is 9.90 Å². The van der Waals surface area contributed by atoms with E-state index in [1.807, 2.05) is 18.2 Å². The average molecular weight is 289 g/mol. The van der Waals surface area contributed by atoms with E-state index in [0.717, 1.165) is 44.1 Å². The lowest BCUT2D eigenvalue weighted by Crippen LogP contribution is -2.49. The number of carbonyl (C=O) groups excluding carboxylic acids is 1. The Morgan fingerprint density at radius 2 is 1.71 bits per heavy atom. The zero-order valence-electron chi connectivity index (χ0n) is 13.1. The molecule has 1 saturated carbocycles. The fourth-order valence-electron chi connectivity index (χ4n) is 3.41. The molecule has 0 unspecified atom stereocenters. The van der Waals surface area contributed by atoms with Gasteiger partial charge in [-0.25, -0.2) is 0 Å². The Morgan fingerprint density at radius 3 is 2.24 bits per heavy atom. The molecule has 3 nitrogen and oxygen atoms in total. The smallest absolute Gasteiger partial charge is 0.230 e. The van der Waals surface area contributed by atoms with Gasteiger partial charge in [0.15, 0.2) is 0 Å². The first-order chi connectivity index (χ1) is 10.1. The van der Waals surface area contributed by atoms with Crippen molar-refractivity contribution in [1.82, 2.24) is 5.32 Å². The molecule has 21 heavy (non-hydrogen) atoms. The van der Waals surface area contributed by atoms with Gasteiger partial charge in [0.05, 0.1) is 11.5 Å². The van der Waals surface area contributed by atoms with Crippen molar-refractivity contribution in [2.75, 3.05) is 0 Å². The second-order valence-corrected chi connectivity index (χ2v) is 6.13. The summed E-state index contributed by atoms with van der Waals surface area (Å²) < 4.78 is 0. The molecule has 1 aliphatic rings. The van der Waals surface area contributed by atoms with Crippen molar-refractivity contribution >= 4 is 5.91 Å². The Morgan fingerprint density at radius 1 is 1.14 bits per heavy atom. The quantitative estimate of drug-likeness (QED) is 0.874. The average Bonchev–Trinajstić information content (AvgIpc) is 2.52. The Kier molecular flexibility index (Phi) is 5.40. The zero-order valence-corrected chi connectivity index (χ0v) is 13.1. The minimum absolute atomic E-state index is 0.139. The molecule has 0 radical (unpaired) electrons. The number of benzene rings is 1. The largest absolute Gasteiger partial charge is 0.393 e. The molecule has 0 aromatic heterocycles. The minimum atomic E-state index is -0.433. The Bertz CT molecular complexity index is 446. The summed E-state index contributed by atoms with van der Waals surface area (Å²) in [5, 5.41) is 12.8. The topological polar surface area (TPSA) is 49.3 Å². The highest BCUT2D eigenvalue weighted by atomic mass is 16.3. The summed E-state index contributed by atoms with van der Waals surface area (Å²) in [5.41, 5.74) is 0.667. The van der Waals surface area contributed by atoms with E-state index in [-0.39, 0.29) is 18.1 Å². The third-order valence-electron chi connectivity index (χ3n) is 5.00. The second-order valence-electron chi connectivity index (χ2n) is 6.13. The van der Waals surface area contributed by atoms with Crippen LogP contribution in [-0.4, -0.2) is 23.2 Å². The minimum Gasteiger partial charge on any atom is -0.393 e. The van der Waals surface area contributed by atoms with Gasteiger partial charge in [-0.1, -0.05) is 44.2 Å². The lowest BCUT2D eigenvalue weighted by Gasteiger charge is -2.34. The van der Waals surface area contributed by atoms with Crippen molar-refractivity contribution in [2.45, 2.75) is 69.9 Å². The molecule has 2 N–H and O–H groups in total. The van der Waals surface area contributed by atoms with Crippen molar-refractivity contribution in [3.8, 4) is 0 Å². The molecule has 1 aromatic rings. The molecule has 2 rings (SSSR count). The molecule has 0 saturated heterocycles. The number of hydrogen-bond acceptors (Lipinski definition) is 2. The van der Waals surface area contributed by atoms with Crippen LogP contribution in [0.25, 0.3) is 0 Å². The first-order valence-electron chi connectivity index (χ1n) is 8.17. The van der Waals surface area contributed by atoms with E-state index in [0.29, 0.717) is 0 Å². The monoisotopic (exact) mass is 289 g/mol. The molecule has 3 heteroatoms. The summed E-state index contributed by atoms with van der Waals surface area (Å²) in [6.07, 6.45) is 4.76. The number of aliphatic hydroxyl groups excluding tert-OH is 1. The van der Waals surface area contributed by atoms with Gasteiger partial charge in [-0.15, -0.1) is 0 Å². The zero-order chi connectivity index (χ0) is 15.3. The van der Waals surface area contributed by atoms with Crippen LogP contribution in [0.5, 0.6) is 0 Å². The van der Waals surface area contributed by atoms with Gasteiger partial charge < -0.3 is 10.4 Å². The van der Waals surface area contributed by atoms with Gasteiger partial charge >= 0.3 is 0 Å². The van der Waals surface area contributed by atoms with E-state index in [2.05, 4.69) is 31.3 Å². The number of nitrogens with one attached hydrogen (secondary N) is 1. The molecule has 0 heterocycles. The standard InChI is InChI=1S/C18H27NO2/c1-3-18(4-2,14-8-6-5-7-9-14)17(21)19-15-10-12-16(20)13-11-15/h5-9,15-16,20H,3-4,10-13H2,1-2H3,(H,19,21). The highest BCUT2D eigenvalue weighted by molar-refractivity contribution is 5.88. The van der Waals surface area contributed by atoms with Crippen LogP contribution in [0.3, 0.4) is 0 Å². The molecule has 1 fully saturated rings. The van der Waals surface area contributed by atoms with Crippen LogP contribution in [0, 0.1) is 0 Å². The van der Waals surface area contributed by atoms with Gasteiger partial charge in [0.1, 0.15) is 0 Å². The van der Waals surface area contributed by atoms with E-state index in [1.54, 1.807) is 0 Å². The SMILES string of the molecule is CCC(CC)(C(=O)NC1CCC(O)CC1)c1ccccc1. The van der Waals surface area contributed by atoms with Crippen LogP contribution in [-0.2, 0) is 10.2 Å². The normalized spacial score (nSPS) is 22.8. The maximum atomic E-state index is 12.9. The molecule has 1 aliphatic carbocycles. The second kappa shape index (κ2) is 7.08. The first kappa shape index (κ1) is 16.0. The van der Waals surface area contributed by atoms with E-state index in [1.165, 1.54) is 0 Å². The van der Waals surface area contributed by atoms with Gasteiger partial charge in [0.25, 0.3) is 0 Å². The van der Waals surface area contributed by atoms with Gasteiger partial charge in [0.2, 0.25) is 5.91 Å². The van der Waals surface area contributed by atoms with E-state index in [4.69, 9.17) is 0 Å². The van der Waals surface area contributed by atoms with Gasteiger partial charge in [-0.2, -0.15) is 0 Å². The van der Waals surface area contributed by atoms with E-state index >= 15 is 0 Å². The van der Waals surface area contributed by atoms with E-state index < -0.39 is 5.41 Å². The van der Waals surface area contributed by atoms with Crippen LogP contribution >= 0.6 is 0 Å². The first-order valence-corrected chi connectivity index (χ1v) is 8.17. The molecule has 1 amide bonds. The number of hydrogen-bond donors (Lipinski definition) is 2. The lowest BCUT2D eigenvalue weighted by molar-refractivity contribution is -0.128. The summed E-state index contributed by atoms with van der Waals surface area (Å²) in [5.74, 6) is 0.139. The van der Waals surface area contributed by atoms with Crippen LogP contribution in [0.2, 0.25) is 0 Å². The van der Waals surface area contributed by atoms with Crippen LogP contribution in [0.4, 0.5) is 0 Å². The number of carbonyl (C=O) groups is 1. The maximum absolute atomic E-state index is 12.9. The summed E-state index contributed by atoms with van der Waals surface area (Å²) in [6.45, 7) is 4.17. The number of aliphatic hydroxyl groups is 1. The third kappa shape index (κ3) is 3.46. The molecule has 0 atom stereocenters. The molecule has 116 valence electrons. The van der Waals surface area contributed by atoms with Crippen molar-refractivity contribution in [1.29, 1.82) is 0 Å². The van der Waals surface area contributed by atoms with Crippen molar-refractivity contribution in [3.63, 3.8) is 0 Å². The Balaban J connectivity index is 2.13. The summed E-state index contributed by atoms with van der Waals surface area (Å²) in [6, 6.07) is 10.3. The van der Waals surface area contributed by atoms with Crippen molar-refractivity contribution in [3.05, 3.63) is 35.9 Å². The predicted molar refractivity (Wildman–Crippen MR) is 85.1 cm³/mol. The van der Waals surface area contributed by atoms with Crippen molar-refractivity contribution in [2.24, 2.45) is 0 Å². The highest BCUT2D eigenvalue weighted by Gasteiger charge is 2.37. The fraction of sp³-hybridized carbons (Fsp3) is 0.611.